The van der Waals surface area contributed by atoms with E-state index < -0.39 is 0 Å². The van der Waals surface area contributed by atoms with E-state index in [0.717, 1.165) is 72.5 Å². The van der Waals surface area contributed by atoms with E-state index in [1.807, 2.05) is 0 Å². The van der Waals surface area contributed by atoms with Crippen LogP contribution in [0.15, 0.2) is 24.3 Å². The molecule has 4 heteroatoms. The molecule has 2 heterocycles. The van der Waals surface area contributed by atoms with Crippen molar-refractivity contribution in [1.82, 2.24) is 0 Å². The van der Waals surface area contributed by atoms with Crippen LogP contribution in [-0.4, -0.2) is 84.8 Å². The number of piperidine rings is 2. The summed E-state index contributed by atoms with van der Waals surface area (Å²) in [5.74, 6) is 25.3. The van der Waals surface area contributed by atoms with Gasteiger partial charge in [0.1, 0.15) is 39.4 Å². The third-order valence-electron chi connectivity index (χ3n) is 6.95. The lowest BCUT2D eigenvalue weighted by Gasteiger charge is -2.38. The van der Waals surface area contributed by atoms with E-state index >= 15 is 0 Å². The van der Waals surface area contributed by atoms with E-state index in [-0.39, 0.29) is 13.2 Å². The average Bonchev–Trinajstić information content (AvgIpc) is 2.87. The summed E-state index contributed by atoms with van der Waals surface area (Å²) < 4.78 is 1.85. The van der Waals surface area contributed by atoms with Crippen molar-refractivity contribution in [3.8, 4) is 47.4 Å². The van der Waals surface area contributed by atoms with Crippen molar-refractivity contribution in [3.05, 3.63) is 35.4 Å². The summed E-state index contributed by atoms with van der Waals surface area (Å²) in [6.45, 7) is 7.50. The first kappa shape index (κ1) is 25.9. The maximum Gasteiger partial charge on any atom is 0.142 e. The highest BCUT2D eigenvalue weighted by atomic mass is 16.3. The SMILES string of the molecule is OCC#CC[N+]1(CC#Cc2ccc(C#CC[N+]3(CC#CCO)CCCCC3)cc2)CCCCC1. The lowest BCUT2D eigenvalue weighted by Crippen LogP contribution is -2.52. The number of quaternary nitrogens is 2. The molecule has 0 amide bonds. The van der Waals surface area contributed by atoms with Crippen molar-refractivity contribution in [2.24, 2.45) is 0 Å². The summed E-state index contributed by atoms with van der Waals surface area (Å²) in [4.78, 5) is 0. The molecule has 0 spiro atoms. The first-order valence-electron chi connectivity index (χ1n) is 12.6. The van der Waals surface area contributed by atoms with E-state index in [1.165, 1.54) is 38.5 Å². The van der Waals surface area contributed by atoms with Crippen molar-refractivity contribution in [2.45, 2.75) is 38.5 Å². The van der Waals surface area contributed by atoms with Crippen LogP contribution in [-0.2, 0) is 0 Å². The molecular formula is C30H38N2O2+2. The zero-order chi connectivity index (χ0) is 24.0. The maximum atomic E-state index is 8.97. The minimum Gasteiger partial charge on any atom is -0.384 e. The Hall–Kier alpha value is -2.70. The first-order valence-corrected chi connectivity index (χ1v) is 12.6. The van der Waals surface area contributed by atoms with Gasteiger partial charge >= 0.3 is 0 Å². The molecule has 0 aromatic heterocycles. The molecule has 4 nitrogen and oxygen atoms in total. The van der Waals surface area contributed by atoms with Gasteiger partial charge < -0.3 is 19.2 Å². The lowest BCUT2D eigenvalue weighted by atomic mass is 10.1. The van der Waals surface area contributed by atoms with Crippen LogP contribution in [0, 0.1) is 47.4 Å². The van der Waals surface area contributed by atoms with E-state index in [1.54, 1.807) is 0 Å². The molecule has 0 saturated carbocycles. The molecule has 2 N–H and O–H groups in total. The summed E-state index contributed by atoms with van der Waals surface area (Å²) in [7, 11) is 0. The molecule has 2 aliphatic heterocycles. The standard InChI is InChI=1S/C30H38N2O2/c33-27-9-7-23-31(19-3-1-4-20-31)25-11-13-29-15-17-30(18-16-29)14-12-26-32(24-8-10-28-34)21-5-2-6-22-32/h15-18,33-34H,1-6,19-28H2/q+2. The highest BCUT2D eigenvalue weighted by molar-refractivity contribution is 5.42. The summed E-state index contributed by atoms with van der Waals surface area (Å²) in [5.41, 5.74) is 2.03. The fourth-order valence-electron chi connectivity index (χ4n) is 4.92. The molecule has 2 aliphatic rings. The molecule has 0 atom stereocenters. The summed E-state index contributed by atoms with van der Waals surface area (Å²) in [6, 6.07) is 8.23. The summed E-state index contributed by atoms with van der Waals surface area (Å²) in [6.07, 6.45) is 7.49. The van der Waals surface area contributed by atoms with Gasteiger partial charge in [0.05, 0.1) is 26.2 Å². The minimum absolute atomic E-state index is 0.0707. The Morgan fingerprint density at radius 1 is 0.500 bits per heavy atom. The normalized spacial score (nSPS) is 17.9. The van der Waals surface area contributed by atoms with Gasteiger partial charge in [0, 0.05) is 11.1 Å². The fourth-order valence-corrected chi connectivity index (χ4v) is 4.92. The molecule has 1 aromatic carbocycles. The van der Waals surface area contributed by atoms with Crippen molar-refractivity contribution in [1.29, 1.82) is 0 Å². The highest BCUT2D eigenvalue weighted by Gasteiger charge is 2.28. The van der Waals surface area contributed by atoms with E-state index in [4.69, 9.17) is 10.2 Å². The zero-order valence-corrected chi connectivity index (χ0v) is 20.4. The van der Waals surface area contributed by atoms with Crippen LogP contribution >= 0.6 is 0 Å². The van der Waals surface area contributed by atoms with E-state index in [9.17, 15) is 0 Å². The largest absolute Gasteiger partial charge is 0.384 e. The van der Waals surface area contributed by atoms with Gasteiger partial charge in [-0.15, -0.1) is 0 Å². The number of nitrogens with zero attached hydrogens (tertiary/aromatic N) is 2. The highest BCUT2D eigenvalue weighted by Crippen LogP contribution is 2.19. The third kappa shape index (κ3) is 8.26. The Bertz CT molecular complexity index is 932. The Labute approximate surface area is 206 Å². The van der Waals surface area contributed by atoms with Gasteiger partial charge in [-0.05, 0) is 86.5 Å². The summed E-state index contributed by atoms with van der Waals surface area (Å²) >= 11 is 0. The van der Waals surface area contributed by atoms with E-state index in [0.29, 0.717) is 0 Å². The number of aliphatic hydroxyl groups excluding tert-OH is 2. The molecule has 1 aromatic rings. The van der Waals surface area contributed by atoms with Crippen LogP contribution in [0.1, 0.15) is 49.7 Å². The second-order valence-corrected chi connectivity index (χ2v) is 9.54. The fraction of sp³-hybridized carbons (Fsp3) is 0.533. The number of benzene rings is 1. The van der Waals surface area contributed by atoms with Gasteiger partial charge in [0.25, 0.3) is 0 Å². The van der Waals surface area contributed by atoms with Crippen LogP contribution < -0.4 is 0 Å². The topological polar surface area (TPSA) is 40.5 Å². The summed E-state index contributed by atoms with van der Waals surface area (Å²) in [5, 5.41) is 17.9. The number of hydrogen-bond donors (Lipinski definition) is 2. The third-order valence-corrected chi connectivity index (χ3v) is 6.95. The second kappa shape index (κ2) is 13.9. The van der Waals surface area contributed by atoms with Crippen LogP contribution in [0.3, 0.4) is 0 Å². The lowest BCUT2D eigenvalue weighted by molar-refractivity contribution is -0.919. The van der Waals surface area contributed by atoms with Gasteiger partial charge in [-0.1, -0.05) is 23.7 Å². The minimum atomic E-state index is -0.0707. The molecule has 178 valence electrons. The number of likely N-dealkylation sites (tertiary alicyclic amines) is 2. The predicted octanol–water partition coefficient (Wildman–Crippen LogP) is 2.38. The average molecular weight is 459 g/mol. The molecule has 0 aliphatic carbocycles. The van der Waals surface area contributed by atoms with Crippen LogP contribution in [0.5, 0.6) is 0 Å². The molecule has 2 fully saturated rings. The number of hydrogen-bond acceptors (Lipinski definition) is 2. The Kier molecular flexibility index (Phi) is 10.6. The Balaban J connectivity index is 1.59. The molecule has 0 radical (unpaired) electrons. The number of aliphatic hydroxyl groups is 2. The quantitative estimate of drug-likeness (QED) is 0.537. The Morgan fingerprint density at radius 2 is 0.853 bits per heavy atom. The van der Waals surface area contributed by atoms with Crippen molar-refractivity contribution < 1.29 is 19.2 Å². The molecule has 34 heavy (non-hydrogen) atoms. The maximum absolute atomic E-state index is 8.97. The monoisotopic (exact) mass is 458 g/mol. The molecule has 3 rings (SSSR count). The van der Waals surface area contributed by atoms with E-state index in [2.05, 4.69) is 71.6 Å². The number of rotatable bonds is 4. The molecule has 2 saturated heterocycles. The van der Waals surface area contributed by atoms with Crippen molar-refractivity contribution in [3.63, 3.8) is 0 Å². The molecule has 0 bridgehead atoms. The van der Waals surface area contributed by atoms with Gasteiger partial charge in [-0.3, -0.25) is 0 Å². The predicted molar refractivity (Wildman–Crippen MR) is 137 cm³/mol. The second-order valence-electron chi connectivity index (χ2n) is 9.54. The van der Waals surface area contributed by atoms with Crippen LogP contribution in [0.25, 0.3) is 0 Å². The first-order chi connectivity index (χ1) is 16.7. The molecule has 0 unspecified atom stereocenters. The van der Waals surface area contributed by atoms with Gasteiger partial charge in [-0.2, -0.15) is 0 Å². The Morgan fingerprint density at radius 3 is 1.21 bits per heavy atom. The van der Waals surface area contributed by atoms with Gasteiger partial charge in [0.2, 0.25) is 0 Å². The smallest absolute Gasteiger partial charge is 0.142 e. The van der Waals surface area contributed by atoms with Crippen LogP contribution in [0.4, 0.5) is 0 Å². The van der Waals surface area contributed by atoms with Crippen molar-refractivity contribution >= 4 is 0 Å². The zero-order valence-electron chi connectivity index (χ0n) is 20.4. The molecular weight excluding hydrogens is 420 g/mol. The van der Waals surface area contributed by atoms with Crippen molar-refractivity contribution in [2.75, 3.05) is 65.6 Å². The van der Waals surface area contributed by atoms with Gasteiger partial charge in [0.15, 0.2) is 0 Å². The van der Waals surface area contributed by atoms with Crippen LogP contribution in [0.2, 0.25) is 0 Å². The van der Waals surface area contributed by atoms with Gasteiger partial charge in [-0.25, -0.2) is 0 Å².